The molecule has 0 aliphatic carbocycles. The maximum absolute atomic E-state index is 13.6. The Balaban J connectivity index is 1.80. The Morgan fingerprint density at radius 1 is 1.04 bits per heavy atom. The summed E-state index contributed by atoms with van der Waals surface area (Å²) in [5.74, 6) is -0.165. The molecule has 136 valence electrons. The number of nitrogens with zero attached hydrogens (tertiary/aromatic N) is 2. The summed E-state index contributed by atoms with van der Waals surface area (Å²) in [6.45, 7) is 1.65. The first kappa shape index (κ1) is 17.3. The van der Waals surface area contributed by atoms with Gasteiger partial charge in [0.25, 0.3) is 5.91 Å². The number of hydrogen-bond acceptors (Lipinski definition) is 3. The molecule has 1 aromatic carbocycles. The van der Waals surface area contributed by atoms with Gasteiger partial charge in [0.05, 0.1) is 12.0 Å². The van der Waals surface area contributed by atoms with Gasteiger partial charge in [0.2, 0.25) is 5.91 Å². The van der Waals surface area contributed by atoms with E-state index in [1.165, 1.54) is 12.8 Å². The largest absolute Gasteiger partial charge is 0.342 e. The van der Waals surface area contributed by atoms with Crippen molar-refractivity contribution in [1.29, 1.82) is 0 Å². The number of benzene rings is 1. The number of likely N-dealkylation sites (tertiary alicyclic amines) is 1. The Morgan fingerprint density at radius 2 is 1.77 bits per heavy atom. The summed E-state index contributed by atoms with van der Waals surface area (Å²) in [6, 6.07) is 11.4. The van der Waals surface area contributed by atoms with Crippen molar-refractivity contribution in [2.45, 2.75) is 37.6 Å². The Morgan fingerprint density at radius 3 is 2.46 bits per heavy atom. The molecule has 4 nitrogen and oxygen atoms in total. The zero-order valence-electron chi connectivity index (χ0n) is 15.1. The van der Waals surface area contributed by atoms with Gasteiger partial charge in [-0.25, -0.2) is 0 Å². The van der Waals surface area contributed by atoms with E-state index >= 15 is 0 Å². The molecule has 0 spiro atoms. The van der Waals surface area contributed by atoms with E-state index in [9.17, 15) is 9.59 Å². The molecule has 0 bridgehead atoms. The second-order valence-electron chi connectivity index (χ2n) is 7.18. The third-order valence-electron chi connectivity index (χ3n) is 5.60. The molecule has 0 radical (unpaired) electrons. The zero-order chi connectivity index (χ0) is 18.1. The van der Waals surface area contributed by atoms with Crippen LogP contribution < -0.4 is 0 Å². The smallest absolute Gasteiger partial charge is 0.254 e. The van der Waals surface area contributed by atoms with Gasteiger partial charge in [-0.15, -0.1) is 11.3 Å². The molecule has 1 fully saturated rings. The van der Waals surface area contributed by atoms with Crippen LogP contribution in [0.4, 0.5) is 0 Å². The Hall–Kier alpha value is -2.14. The lowest BCUT2D eigenvalue weighted by atomic mass is 9.81. The number of likely N-dealkylation sites (N-methyl/N-ethyl adjacent to an activating group) is 1. The molecule has 4 rings (SSSR count). The van der Waals surface area contributed by atoms with E-state index in [1.54, 1.807) is 16.2 Å². The lowest BCUT2D eigenvalue weighted by Crippen LogP contribution is -2.46. The molecular weight excluding hydrogens is 344 g/mol. The van der Waals surface area contributed by atoms with Crippen LogP contribution >= 0.6 is 11.3 Å². The summed E-state index contributed by atoms with van der Waals surface area (Å²) in [4.78, 5) is 31.4. The van der Waals surface area contributed by atoms with Gasteiger partial charge in [-0.05, 0) is 35.9 Å². The summed E-state index contributed by atoms with van der Waals surface area (Å²) < 4.78 is 0. The first-order chi connectivity index (χ1) is 12.7. The highest BCUT2D eigenvalue weighted by molar-refractivity contribution is 7.10. The molecule has 2 unspecified atom stereocenters. The molecule has 2 atom stereocenters. The topological polar surface area (TPSA) is 40.6 Å². The predicted molar refractivity (Wildman–Crippen MR) is 103 cm³/mol. The summed E-state index contributed by atoms with van der Waals surface area (Å²) in [5, 5.41) is 2.02. The number of thiophene rings is 1. The third kappa shape index (κ3) is 2.94. The van der Waals surface area contributed by atoms with Gasteiger partial charge in [-0.3, -0.25) is 9.59 Å². The highest BCUT2D eigenvalue weighted by atomic mass is 32.1. The third-order valence-corrected chi connectivity index (χ3v) is 6.54. The fourth-order valence-electron chi connectivity index (χ4n) is 4.24. The lowest BCUT2D eigenvalue weighted by molar-refractivity contribution is -0.134. The molecule has 1 saturated heterocycles. The number of amides is 2. The number of rotatable bonds is 2. The van der Waals surface area contributed by atoms with Gasteiger partial charge in [-0.2, -0.15) is 0 Å². The fraction of sp³-hybridized carbons (Fsp3) is 0.429. The van der Waals surface area contributed by atoms with Crippen LogP contribution in [0.1, 0.15) is 58.4 Å². The lowest BCUT2D eigenvalue weighted by Gasteiger charge is -2.40. The van der Waals surface area contributed by atoms with Crippen LogP contribution in [-0.4, -0.2) is 41.8 Å². The molecule has 2 aromatic rings. The quantitative estimate of drug-likeness (QED) is 0.802. The normalized spacial score (nSPS) is 23.5. The number of fused-ring (bicyclic) bond motifs is 1. The summed E-state index contributed by atoms with van der Waals surface area (Å²) in [7, 11) is 1.82. The van der Waals surface area contributed by atoms with Gasteiger partial charge >= 0.3 is 0 Å². The summed E-state index contributed by atoms with van der Waals surface area (Å²) in [6.07, 6.45) is 4.52. The highest BCUT2D eigenvalue weighted by Gasteiger charge is 2.44. The van der Waals surface area contributed by atoms with Crippen molar-refractivity contribution in [3.05, 3.63) is 57.8 Å². The van der Waals surface area contributed by atoms with Crippen LogP contribution in [0.5, 0.6) is 0 Å². The minimum Gasteiger partial charge on any atom is -0.342 e. The van der Waals surface area contributed by atoms with E-state index < -0.39 is 0 Å². The average Bonchev–Trinajstić information content (AvgIpc) is 3.05. The number of carbonyl (C=O) groups excluding carboxylic acids is 2. The van der Waals surface area contributed by atoms with E-state index in [0.717, 1.165) is 36.4 Å². The van der Waals surface area contributed by atoms with Crippen molar-refractivity contribution in [1.82, 2.24) is 9.80 Å². The molecule has 0 N–H and O–H groups in total. The summed E-state index contributed by atoms with van der Waals surface area (Å²) >= 11 is 1.62. The van der Waals surface area contributed by atoms with E-state index in [-0.39, 0.29) is 23.8 Å². The Bertz CT molecular complexity index is 794. The van der Waals surface area contributed by atoms with E-state index in [1.807, 2.05) is 53.7 Å². The Kier molecular flexibility index (Phi) is 4.81. The van der Waals surface area contributed by atoms with Crippen molar-refractivity contribution in [2.75, 3.05) is 20.1 Å². The standard InChI is InChI=1S/C21H24N2O2S/c1-22-19(17-11-8-14-26-17)18(15-9-4-5-10-16(15)20(22)24)21(25)23-12-6-2-3-7-13-23/h4-5,8-11,14,18-19H,2-3,6-7,12-13H2,1H3. The van der Waals surface area contributed by atoms with Gasteiger partial charge in [-0.1, -0.05) is 37.1 Å². The molecule has 3 heterocycles. The molecule has 5 heteroatoms. The molecule has 0 saturated carbocycles. The van der Waals surface area contributed by atoms with Crippen molar-refractivity contribution in [3.8, 4) is 0 Å². The zero-order valence-corrected chi connectivity index (χ0v) is 15.9. The SMILES string of the molecule is CN1C(=O)c2ccccc2C(C(=O)N2CCCCCC2)C1c1cccs1. The number of carbonyl (C=O) groups is 2. The molecule has 2 aliphatic heterocycles. The van der Waals surface area contributed by atoms with Crippen molar-refractivity contribution < 1.29 is 9.59 Å². The molecule has 2 aliphatic rings. The molecule has 2 amide bonds. The fourth-order valence-corrected chi connectivity index (χ4v) is 5.15. The van der Waals surface area contributed by atoms with Gasteiger partial charge < -0.3 is 9.80 Å². The van der Waals surface area contributed by atoms with Crippen LogP contribution in [0.3, 0.4) is 0 Å². The van der Waals surface area contributed by atoms with Crippen LogP contribution in [0, 0.1) is 0 Å². The Labute approximate surface area is 158 Å². The second-order valence-corrected chi connectivity index (χ2v) is 8.16. The van der Waals surface area contributed by atoms with E-state index in [2.05, 4.69) is 0 Å². The maximum atomic E-state index is 13.6. The van der Waals surface area contributed by atoms with Crippen molar-refractivity contribution in [3.63, 3.8) is 0 Å². The molecular formula is C21H24N2O2S. The van der Waals surface area contributed by atoms with E-state index in [4.69, 9.17) is 0 Å². The predicted octanol–water partition coefficient (Wildman–Crippen LogP) is 4.06. The van der Waals surface area contributed by atoms with Gasteiger partial charge in [0.15, 0.2) is 0 Å². The minimum absolute atomic E-state index is 0.00100. The molecule has 26 heavy (non-hydrogen) atoms. The second kappa shape index (κ2) is 7.23. The summed E-state index contributed by atoms with van der Waals surface area (Å²) in [5.41, 5.74) is 1.54. The van der Waals surface area contributed by atoms with Crippen molar-refractivity contribution >= 4 is 23.2 Å². The number of hydrogen-bond donors (Lipinski definition) is 0. The van der Waals surface area contributed by atoms with Crippen molar-refractivity contribution in [2.24, 2.45) is 0 Å². The van der Waals surface area contributed by atoms with Crippen LogP contribution in [0.25, 0.3) is 0 Å². The van der Waals surface area contributed by atoms with Gasteiger partial charge in [0.1, 0.15) is 0 Å². The highest BCUT2D eigenvalue weighted by Crippen LogP contribution is 2.44. The van der Waals surface area contributed by atoms with Gasteiger partial charge in [0, 0.05) is 30.6 Å². The minimum atomic E-state index is -0.328. The monoisotopic (exact) mass is 368 g/mol. The maximum Gasteiger partial charge on any atom is 0.254 e. The van der Waals surface area contributed by atoms with Crippen LogP contribution in [0.2, 0.25) is 0 Å². The van der Waals surface area contributed by atoms with Crippen LogP contribution in [0.15, 0.2) is 41.8 Å². The van der Waals surface area contributed by atoms with E-state index in [0.29, 0.717) is 5.56 Å². The van der Waals surface area contributed by atoms with Crippen LogP contribution in [-0.2, 0) is 4.79 Å². The first-order valence-corrected chi connectivity index (χ1v) is 10.2. The average molecular weight is 369 g/mol. The first-order valence-electron chi connectivity index (χ1n) is 9.37. The molecule has 1 aromatic heterocycles.